The Kier molecular flexibility index (Phi) is 5.41. The number of carbonyl (C=O) groups excluding carboxylic acids is 1. The first kappa shape index (κ1) is 18.6. The molecule has 0 saturated carbocycles. The highest BCUT2D eigenvalue weighted by atomic mass is 16.2. The third-order valence-electron chi connectivity index (χ3n) is 5.03. The van der Waals surface area contributed by atoms with Gasteiger partial charge in [0.2, 0.25) is 11.9 Å². The molecule has 0 bridgehead atoms. The Hall–Kier alpha value is -2.21. The number of amides is 1. The number of rotatable bonds is 5. The summed E-state index contributed by atoms with van der Waals surface area (Å²) in [5.41, 5.74) is 2.99. The Labute approximate surface area is 155 Å². The molecule has 1 saturated heterocycles. The van der Waals surface area contributed by atoms with Crippen molar-refractivity contribution in [2.75, 3.05) is 5.32 Å². The minimum atomic E-state index is -0.366. The molecule has 1 aromatic heterocycles. The van der Waals surface area contributed by atoms with E-state index in [0.29, 0.717) is 11.9 Å². The maximum atomic E-state index is 12.5. The summed E-state index contributed by atoms with van der Waals surface area (Å²) in [6.45, 7) is 10.5. The predicted octanol–water partition coefficient (Wildman–Crippen LogP) is 3.10. The second-order valence-corrected chi connectivity index (χ2v) is 7.77. The van der Waals surface area contributed by atoms with Crippen LogP contribution in [0, 0.1) is 25.7 Å². The number of hydrogen-bond donors (Lipinski definition) is 3. The summed E-state index contributed by atoms with van der Waals surface area (Å²) >= 11 is 0. The van der Waals surface area contributed by atoms with Crippen LogP contribution < -0.4 is 16.0 Å². The zero-order chi connectivity index (χ0) is 18.8. The quantitative estimate of drug-likeness (QED) is 0.768. The van der Waals surface area contributed by atoms with Gasteiger partial charge in [-0.1, -0.05) is 32.4 Å². The number of nitrogens with zero attached hydrogens (tertiary/aromatic N) is 2. The summed E-state index contributed by atoms with van der Waals surface area (Å²) in [4.78, 5) is 21.7. The molecule has 2 heterocycles. The van der Waals surface area contributed by atoms with Crippen LogP contribution >= 0.6 is 0 Å². The molecule has 3 unspecified atom stereocenters. The molecule has 3 rings (SSSR count). The van der Waals surface area contributed by atoms with Gasteiger partial charge < -0.3 is 10.6 Å². The van der Waals surface area contributed by atoms with Crippen molar-refractivity contribution in [3.63, 3.8) is 0 Å². The maximum absolute atomic E-state index is 12.5. The van der Waals surface area contributed by atoms with Crippen LogP contribution in [0.4, 0.5) is 5.95 Å². The summed E-state index contributed by atoms with van der Waals surface area (Å²) in [6.07, 6.45) is 1.58. The zero-order valence-corrected chi connectivity index (χ0v) is 16.3. The second-order valence-electron chi connectivity index (χ2n) is 7.77. The van der Waals surface area contributed by atoms with Crippen LogP contribution in [0.1, 0.15) is 44.9 Å². The predicted molar refractivity (Wildman–Crippen MR) is 105 cm³/mol. The van der Waals surface area contributed by atoms with Gasteiger partial charge in [0.15, 0.2) is 6.29 Å². The van der Waals surface area contributed by atoms with Gasteiger partial charge in [0, 0.05) is 11.4 Å². The SMILES string of the molecule is Cc1ccc2c(C)nc(NC3NC(=O)C(CCC(C)C)C(C)N3)nc2c1. The first-order valence-electron chi connectivity index (χ1n) is 9.41. The number of benzene rings is 1. The average Bonchev–Trinajstić information content (AvgIpc) is 2.53. The number of hydrogen-bond acceptors (Lipinski definition) is 5. The topological polar surface area (TPSA) is 78.9 Å². The van der Waals surface area contributed by atoms with Gasteiger partial charge in [-0.3, -0.25) is 10.1 Å². The van der Waals surface area contributed by atoms with Gasteiger partial charge in [0.25, 0.3) is 0 Å². The van der Waals surface area contributed by atoms with Crippen molar-refractivity contribution in [1.29, 1.82) is 0 Å². The van der Waals surface area contributed by atoms with E-state index in [1.807, 2.05) is 26.0 Å². The standard InChI is InChI=1S/C20H29N5O/c1-11(2)6-8-16-14(5)22-20(24-18(16)26)25-19-21-13(4)15-9-7-12(3)10-17(15)23-19/h7,9-11,14,16,20,22H,6,8H2,1-5H3,(H,24,26)(H,21,23,25). The molecule has 0 spiro atoms. The van der Waals surface area contributed by atoms with Crippen molar-refractivity contribution in [1.82, 2.24) is 20.6 Å². The maximum Gasteiger partial charge on any atom is 0.227 e. The van der Waals surface area contributed by atoms with Crippen molar-refractivity contribution in [2.24, 2.45) is 11.8 Å². The van der Waals surface area contributed by atoms with Crippen molar-refractivity contribution >= 4 is 22.8 Å². The van der Waals surface area contributed by atoms with Crippen molar-refractivity contribution < 1.29 is 4.79 Å². The zero-order valence-electron chi connectivity index (χ0n) is 16.3. The van der Waals surface area contributed by atoms with Gasteiger partial charge >= 0.3 is 0 Å². The van der Waals surface area contributed by atoms with E-state index in [4.69, 9.17) is 0 Å². The van der Waals surface area contributed by atoms with Gasteiger partial charge in [0.1, 0.15) is 0 Å². The van der Waals surface area contributed by atoms with E-state index >= 15 is 0 Å². The fourth-order valence-electron chi connectivity index (χ4n) is 3.46. The highest BCUT2D eigenvalue weighted by Crippen LogP contribution is 2.21. The average molecular weight is 355 g/mol. The molecule has 1 amide bonds. The van der Waals surface area contributed by atoms with Crippen molar-refractivity contribution in [2.45, 2.75) is 59.8 Å². The number of aromatic nitrogens is 2. The molecule has 0 aliphatic carbocycles. The molecule has 1 aliphatic rings. The second kappa shape index (κ2) is 7.58. The molecule has 6 heteroatoms. The highest BCUT2D eigenvalue weighted by Gasteiger charge is 2.33. The van der Waals surface area contributed by atoms with Gasteiger partial charge in [0.05, 0.1) is 17.1 Å². The molecular formula is C20H29N5O. The molecule has 3 N–H and O–H groups in total. The van der Waals surface area contributed by atoms with Crippen LogP contribution in [0.15, 0.2) is 18.2 Å². The van der Waals surface area contributed by atoms with Crippen LogP contribution in [0.2, 0.25) is 0 Å². The number of aryl methyl sites for hydroxylation is 2. The lowest BCUT2D eigenvalue weighted by Gasteiger charge is -2.36. The normalized spacial score (nSPS) is 23.3. The molecule has 26 heavy (non-hydrogen) atoms. The molecule has 6 nitrogen and oxygen atoms in total. The Balaban J connectivity index is 1.72. The smallest absolute Gasteiger partial charge is 0.227 e. The molecule has 1 aliphatic heterocycles. The van der Waals surface area contributed by atoms with Gasteiger partial charge in [-0.15, -0.1) is 0 Å². The van der Waals surface area contributed by atoms with Gasteiger partial charge in [-0.25, -0.2) is 9.97 Å². The Bertz CT molecular complexity index is 804. The Morgan fingerprint density at radius 1 is 1.23 bits per heavy atom. The van der Waals surface area contributed by atoms with Crippen LogP contribution in [0.3, 0.4) is 0 Å². The summed E-state index contributed by atoms with van der Waals surface area (Å²) < 4.78 is 0. The number of fused-ring (bicyclic) bond motifs is 1. The molecule has 2 aromatic rings. The first-order valence-corrected chi connectivity index (χ1v) is 9.41. The largest absolute Gasteiger partial charge is 0.323 e. The fraction of sp³-hybridized carbons (Fsp3) is 0.550. The summed E-state index contributed by atoms with van der Waals surface area (Å²) in [5.74, 6) is 1.20. The van der Waals surface area contributed by atoms with E-state index < -0.39 is 0 Å². The monoisotopic (exact) mass is 355 g/mol. The van der Waals surface area contributed by atoms with Crippen LogP contribution in [0.5, 0.6) is 0 Å². The Morgan fingerprint density at radius 3 is 2.69 bits per heavy atom. The minimum Gasteiger partial charge on any atom is -0.323 e. The molecule has 0 radical (unpaired) electrons. The van der Waals surface area contributed by atoms with E-state index in [1.54, 1.807) is 0 Å². The summed E-state index contributed by atoms with van der Waals surface area (Å²) in [7, 11) is 0. The number of anilines is 1. The number of carbonyl (C=O) groups is 1. The van der Waals surface area contributed by atoms with Gasteiger partial charge in [-0.2, -0.15) is 0 Å². The van der Waals surface area contributed by atoms with E-state index in [0.717, 1.165) is 35.0 Å². The summed E-state index contributed by atoms with van der Waals surface area (Å²) in [5, 5.41) is 10.7. The van der Waals surface area contributed by atoms with Crippen LogP contribution in [-0.4, -0.2) is 28.2 Å². The van der Waals surface area contributed by atoms with E-state index in [9.17, 15) is 4.79 Å². The van der Waals surface area contributed by atoms with Crippen LogP contribution in [-0.2, 0) is 4.79 Å². The molecule has 140 valence electrons. The highest BCUT2D eigenvalue weighted by molar-refractivity contribution is 5.83. The van der Waals surface area contributed by atoms with Crippen LogP contribution in [0.25, 0.3) is 10.9 Å². The lowest BCUT2D eigenvalue weighted by molar-refractivity contribution is -0.129. The van der Waals surface area contributed by atoms with Crippen molar-refractivity contribution in [3.05, 3.63) is 29.5 Å². The fourth-order valence-corrected chi connectivity index (χ4v) is 3.46. The summed E-state index contributed by atoms with van der Waals surface area (Å²) in [6, 6.07) is 6.26. The third-order valence-corrected chi connectivity index (χ3v) is 5.03. The molecule has 3 atom stereocenters. The number of nitrogens with one attached hydrogen (secondary N) is 3. The van der Waals surface area contributed by atoms with Crippen molar-refractivity contribution in [3.8, 4) is 0 Å². The molecule has 1 aromatic carbocycles. The molecular weight excluding hydrogens is 326 g/mol. The lowest BCUT2D eigenvalue weighted by atomic mass is 9.90. The Morgan fingerprint density at radius 2 is 2.00 bits per heavy atom. The third kappa shape index (κ3) is 4.12. The first-order chi connectivity index (χ1) is 12.3. The minimum absolute atomic E-state index is 0.00245. The van der Waals surface area contributed by atoms with E-state index in [-0.39, 0.29) is 24.2 Å². The van der Waals surface area contributed by atoms with E-state index in [1.165, 1.54) is 0 Å². The lowest BCUT2D eigenvalue weighted by Crippen LogP contribution is -2.63. The van der Waals surface area contributed by atoms with Gasteiger partial charge in [-0.05, 0) is 44.7 Å². The van der Waals surface area contributed by atoms with E-state index in [2.05, 4.69) is 52.8 Å². The molecule has 1 fully saturated rings.